The van der Waals surface area contributed by atoms with Crippen LogP contribution in [0.3, 0.4) is 0 Å². The van der Waals surface area contributed by atoms with Crippen molar-refractivity contribution < 1.29 is 18.8 Å². The van der Waals surface area contributed by atoms with Gasteiger partial charge in [-0.1, -0.05) is 12.1 Å². The summed E-state index contributed by atoms with van der Waals surface area (Å²) in [5, 5.41) is 9.58. The molecule has 1 aliphatic rings. The average molecular weight is 266 g/mol. The zero-order valence-corrected chi connectivity index (χ0v) is 12.0. The summed E-state index contributed by atoms with van der Waals surface area (Å²) < 4.78 is 25.6. The van der Waals surface area contributed by atoms with Crippen molar-refractivity contribution >= 4 is 12.6 Å². The van der Waals surface area contributed by atoms with Crippen molar-refractivity contribution in [2.45, 2.75) is 51.9 Å². The maximum atomic E-state index is 13.9. The molecule has 3 nitrogen and oxygen atoms in total. The fourth-order valence-electron chi connectivity index (χ4n) is 1.97. The van der Waals surface area contributed by atoms with E-state index in [1.54, 1.807) is 19.1 Å². The lowest BCUT2D eigenvalue weighted by Gasteiger charge is -2.32. The van der Waals surface area contributed by atoms with Gasteiger partial charge in [-0.25, -0.2) is 4.39 Å². The predicted molar refractivity (Wildman–Crippen MR) is 72.7 cm³/mol. The molecule has 0 spiro atoms. The SMILES string of the molecule is CC(O)c1ccc(F)c(B2OC(C)(C)C(C)(C)O2)c1. The van der Waals surface area contributed by atoms with E-state index in [4.69, 9.17) is 9.31 Å². The van der Waals surface area contributed by atoms with Crippen molar-refractivity contribution in [3.8, 4) is 0 Å². The first-order valence-electron chi connectivity index (χ1n) is 6.47. The van der Waals surface area contributed by atoms with E-state index in [0.717, 1.165) is 0 Å². The first-order chi connectivity index (χ1) is 8.64. The van der Waals surface area contributed by atoms with Gasteiger partial charge in [0.1, 0.15) is 5.82 Å². The molecule has 1 saturated heterocycles. The van der Waals surface area contributed by atoms with Crippen molar-refractivity contribution in [3.05, 3.63) is 29.6 Å². The van der Waals surface area contributed by atoms with Gasteiger partial charge in [-0.3, -0.25) is 0 Å². The Hall–Kier alpha value is -0.905. The molecule has 2 rings (SSSR count). The summed E-state index contributed by atoms with van der Waals surface area (Å²) in [5.41, 5.74) is -0.0428. The highest BCUT2D eigenvalue weighted by atomic mass is 19.1. The van der Waals surface area contributed by atoms with Crippen molar-refractivity contribution in [1.29, 1.82) is 0 Å². The van der Waals surface area contributed by atoms with E-state index >= 15 is 0 Å². The molecule has 1 N–H and O–H groups in total. The summed E-state index contributed by atoms with van der Waals surface area (Å²) in [7, 11) is -0.747. The normalized spacial score (nSPS) is 22.6. The molecule has 1 aliphatic heterocycles. The fourth-order valence-corrected chi connectivity index (χ4v) is 1.97. The van der Waals surface area contributed by atoms with Gasteiger partial charge in [0, 0.05) is 5.46 Å². The second-order valence-corrected chi connectivity index (χ2v) is 6.05. The number of aliphatic hydroxyl groups is 1. The highest BCUT2D eigenvalue weighted by Gasteiger charge is 2.52. The lowest BCUT2D eigenvalue weighted by Crippen LogP contribution is -2.41. The van der Waals surface area contributed by atoms with E-state index in [2.05, 4.69) is 0 Å². The predicted octanol–water partition coefficient (Wildman–Crippen LogP) is 2.18. The third-order valence-electron chi connectivity index (χ3n) is 4.01. The van der Waals surface area contributed by atoms with Crippen molar-refractivity contribution in [2.75, 3.05) is 0 Å². The Bertz CT molecular complexity index is 470. The molecule has 1 fully saturated rings. The number of hydrogen-bond acceptors (Lipinski definition) is 3. The third kappa shape index (κ3) is 2.55. The Morgan fingerprint density at radius 2 is 1.68 bits per heavy atom. The lowest BCUT2D eigenvalue weighted by molar-refractivity contribution is 0.00578. The average Bonchev–Trinajstić information content (AvgIpc) is 2.48. The van der Waals surface area contributed by atoms with E-state index in [1.165, 1.54) is 6.07 Å². The van der Waals surface area contributed by atoms with Crippen LogP contribution < -0.4 is 5.46 Å². The van der Waals surface area contributed by atoms with Crippen LogP contribution in [0.1, 0.15) is 46.3 Å². The molecule has 0 amide bonds. The molecule has 104 valence electrons. The molecule has 5 heteroatoms. The van der Waals surface area contributed by atoms with Crippen LogP contribution in [-0.2, 0) is 9.31 Å². The van der Waals surface area contributed by atoms with Gasteiger partial charge in [0.2, 0.25) is 0 Å². The quantitative estimate of drug-likeness (QED) is 0.834. The standard InChI is InChI=1S/C14H20BFO3/c1-9(17)10-6-7-12(16)11(8-10)15-18-13(2,3)14(4,5)19-15/h6-9,17H,1-5H3. The van der Waals surface area contributed by atoms with Crippen LogP contribution in [0.2, 0.25) is 0 Å². The largest absolute Gasteiger partial charge is 0.497 e. The van der Waals surface area contributed by atoms with E-state index in [-0.39, 0.29) is 5.82 Å². The van der Waals surface area contributed by atoms with Crippen LogP contribution in [0.25, 0.3) is 0 Å². The molecule has 19 heavy (non-hydrogen) atoms. The highest BCUT2D eigenvalue weighted by Crippen LogP contribution is 2.36. The number of rotatable bonds is 2. The minimum Gasteiger partial charge on any atom is -0.399 e. The van der Waals surface area contributed by atoms with Crippen molar-refractivity contribution in [2.24, 2.45) is 0 Å². The third-order valence-corrected chi connectivity index (χ3v) is 4.01. The minimum atomic E-state index is -0.747. The van der Waals surface area contributed by atoms with Crippen LogP contribution in [0, 0.1) is 5.82 Å². The molecular formula is C14H20BFO3. The first-order valence-corrected chi connectivity index (χ1v) is 6.47. The maximum absolute atomic E-state index is 13.9. The van der Waals surface area contributed by atoms with Crippen molar-refractivity contribution in [3.63, 3.8) is 0 Å². The summed E-state index contributed by atoms with van der Waals surface area (Å²) >= 11 is 0. The minimum absolute atomic E-state index is 0.331. The van der Waals surface area contributed by atoms with Crippen LogP contribution in [-0.4, -0.2) is 23.4 Å². The van der Waals surface area contributed by atoms with Gasteiger partial charge >= 0.3 is 7.12 Å². The number of hydrogen-bond donors (Lipinski definition) is 1. The molecular weight excluding hydrogens is 246 g/mol. The molecule has 1 atom stereocenters. The molecule has 0 radical (unpaired) electrons. The Labute approximate surface area is 113 Å². The number of aliphatic hydroxyl groups excluding tert-OH is 1. The molecule has 1 unspecified atom stereocenters. The summed E-state index contributed by atoms with van der Waals surface area (Å²) in [5.74, 6) is -0.386. The van der Waals surface area contributed by atoms with Crippen LogP contribution in [0.15, 0.2) is 18.2 Å². The summed E-state index contributed by atoms with van der Waals surface area (Å²) in [4.78, 5) is 0. The van der Waals surface area contributed by atoms with Crippen molar-refractivity contribution in [1.82, 2.24) is 0 Å². The van der Waals surface area contributed by atoms with Gasteiger partial charge in [0.05, 0.1) is 17.3 Å². The van der Waals surface area contributed by atoms with Crippen LogP contribution >= 0.6 is 0 Å². The van der Waals surface area contributed by atoms with Gasteiger partial charge < -0.3 is 14.4 Å². The van der Waals surface area contributed by atoms with E-state index < -0.39 is 24.4 Å². The maximum Gasteiger partial charge on any atom is 0.497 e. The smallest absolute Gasteiger partial charge is 0.399 e. The van der Waals surface area contributed by atoms with Gasteiger partial charge in [-0.15, -0.1) is 0 Å². The molecule has 1 aromatic carbocycles. The molecule has 1 heterocycles. The zero-order chi connectivity index (χ0) is 14.4. The molecule has 0 saturated carbocycles. The second-order valence-electron chi connectivity index (χ2n) is 6.05. The Morgan fingerprint density at radius 1 is 1.16 bits per heavy atom. The number of halogens is 1. The second kappa shape index (κ2) is 4.58. The highest BCUT2D eigenvalue weighted by molar-refractivity contribution is 6.62. The van der Waals surface area contributed by atoms with Gasteiger partial charge in [0.25, 0.3) is 0 Å². The molecule has 0 aromatic heterocycles. The van der Waals surface area contributed by atoms with Gasteiger partial charge in [0.15, 0.2) is 0 Å². The first kappa shape index (κ1) is 14.5. The van der Waals surface area contributed by atoms with E-state index in [1.807, 2.05) is 27.7 Å². The molecule has 0 aliphatic carbocycles. The van der Waals surface area contributed by atoms with Crippen LogP contribution in [0.4, 0.5) is 4.39 Å². The fraction of sp³-hybridized carbons (Fsp3) is 0.571. The van der Waals surface area contributed by atoms with E-state index in [9.17, 15) is 9.50 Å². The summed E-state index contributed by atoms with van der Waals surface area (Å²) in [6.07, 6.45) is -0.651. The summed E-state index contributed by atoms with van der Waals surface area (Å²) in [6, 6.07) is 4.50. The summed E-state index contributed by atoms with van der Waals surface area (Å²) in [6.45, 7) is 9.32. The Morgan fingerprint density at radius 3 is 2.16 bits per heavy atom. The van der Waals surface area contributed by atoms with Gasteiger partial charge in [-0.05, 0) is 46.2 Å². The topological polar surface area (TPSA) is 38.7 Å². The van der Waals surface area contributed by atoms with E-state index in [0.29, 0.717) is 11.0 Å². The monoisotopic (exact) mass is 266 g/mol. The van der Waals surface area contributed by atoms with Gasteiger partial charge in [-0.2, -0.15) is 0 Å². The lowest BCUT2D eigenvalue weighted by atomic mass is 9.77. The zero-order valence-electron chi connectivity index (χ0n) is 12.0. The molecule has 0 bridgehead atoms. The molecule has 1 aromatic rings. The Kier molecular flexibility index (Phi) is 3.50. The number of benzene rings is 1. The Balaban J connectivity index is 2.36. The van der Waals surface area contributed by atoms with Crippen LogP contribution in [0.5, 0.6) is 0 Å².